The van der Waals surface area contributed by atoms with Gasteiger partial charge in [-0.3, -0.25) is 9.69 Å². The van der Waals surface area contributed by atoms with E-state index >= 15 is 0 Å². The van der Waals surface area contributed by atoms with Crippen molar-refractivity contribution in [2.75, 3.05) is 18.5 Å². The highest BCUT2D eigenvalue weighted by Gasteiger charge is 2.29. The normalized spacial score (nSPS) is 15.4. The molecular formula is C19H23BN2O6S. The molecule has 2 aliphatic rings. The van der Waals surface area contributed by atoms with Crippen molar-refractivity contribution in [1.29, 1.82) is 0 Å². The van der Waals surface area contributed by atoms with Crippen LogP contribution in [0.25, 0.3) is 0 Å². The van der Waals surface area contributed by atoms with Gasteiger partial charge in [0.1, 0.15) is 17.1 Å². The van der Waals surface area contributed by atoms with E-state index in [-0.39, 0.29) is 12.0 Å². The Bertz CT molecular complexity index is 873. The molecule has 2 amide bonds. The minimum absolute atomic E-state index is 0.127. The van der Waals surface area contributed by atoms with E-state index in [1.54, 1.807) is 12.9 Å². The number of carbonyl (C=O) groups excluding carboxylic acids is 1. The van der Waals surface area contributed by atoms with Gasteiger partial charge in [-0.25, -0.2) is 4.79 Å². The van der Waals surface area contributed by atoms with E-state index in [2.05, 4.69) is 16.1 Å². The Kier molecular flexibility index (Phi) is 6.05. The van der Waals surface area contributed by atoms with Gasteiger partial charge in [0.05, 0.1) is 25.2 Å². The van der Waals surface area contributed by atoms with Crippen molar-refractivity contribution in [2.24, 2.45) is 0 Å². The van der Waals surface area contributed by atoms with Crippen molar-refractivity contribution >= 4 is 35.5 Å². The summed E-state index contributed by atoms with van der Waals surface area (Å²) in [5.41, 5.74) is 4.83. The van der Waals surface area contributed by atoms with Crippen LogP contribution in [0.5, 0.6) is 5.75 Å². The van der Waals surface area contributed by atoms with Crippen molar-refractivity contribution in [2.45, 2.75) is 44.5 Å². The number of furan rings is 1. The zero-order chi connectivity index (χ0) is 20.4. The summed E-state index contributed by atoms with van der Waals surface area (Å²) < 4.78 is 26.0. The molecule has 1 atom stereocenters. The molecule has 29 heavy (non-hydrogen) atoms. The molecule has 2 N–H and O–H groups in total. The summed E-state index contributed by atoms with van der Waals surface area (Å²) in [6.45, 7) is 4.24. The fraction of sp³-hybridized carbons (Fsp3) is 0.421. The summed E-state index contributed by atoms with van der Waals surface area (Å²) in [4.78, 5) is 22.6. The highest BCUT2D eigenvalue weighted by atomic mass is 32.2. The van der Waals surface area contributed by atoms with Crippen LogP contribution >= 0.6 is 0 Å². The standard InChI is InChI=1S/C19H23BN2O6S/c1-3-27-28-20(2)14-10-16(26-11-14)29(24)22-19(23)21-17-15-6-4-5-12(15)9-13-7-8-25-18(13)17/h9-11H,3-8H2,1-2H3,(H2,21,22,23). The van der Waals surface area contributed by atoms with E-state index in [9.17, 15) is 9.35 Å². The predicted octanol–water partition coefficient (Wildman–Crippen LogP) is 2.34. The van der Waals surface area contributed by atoms with Gasteiger partial charge in [-0.05, 0) is 48.3 Å². The number of nitrogens with one attached hydrogen (secondary N) is 2. The van der Waals surface area contributed by atoms with Crippen molar-refractivity contribution in [3.8, 4) is 5.75 Å². The Morgan fingerprint density at radius 3 is 3.00 bits per heavy atom. The summed E-state index contributed by atoms with van der Waals surface area (Å²) >= 11 is -1.85. The van der Waals surface area contributed by atoms with Crippen molar-refractivity contribution < 1.29 is 28.2 Å². The van der Waals surface area contributed by atoms with Gasteiger partial charge in [-0.2, -0.15) is 0 Å². The molecule has 1 aromatic carbocycles. The molecule has 154 valence electrons. The Hall–Kier alpha value is -2.14. The predicted molar refractivity (Wildman–Crippen MR) is 109 cm³/mol. The number of aryl methyl sites for hydroxylation is 1. The fourth-order valence-corrected chi connectivity index (χ4v) is 4.37. The quantitative estimate of drug-likeness (QED) is 0.310. The molecule has 2 heterocycles. The third-order valence-corrected chi connectivity index (χ3v) is 6.00. The van der Waals surface area contributed by atoms with Crippen LogP contribution in [-0.4, -0.2) is 30.7 Å². The van der Waals surface area contributed by atoms with Gasteiger partial charge in [-0.15, -0.1) is 4.72 Å². The average Bonchev–Trinajstić information content (AvgIpc) is 3.44. The number of urea groups is 1. The number of rotatable bonds is 7. The average molecular weight is 418 g/mol. The largest absolute Gasteiger partial charge is 0.585 e. The number of benzene rings is 1. The second-order valence-corrected chi connectivity index (χ2v) is 8.14. The van der Waals surface area contributed by atoms with Gasteiger partial charge in [0.2, 0.25) is 0 Å². The van der Waals surface area contributed by atoms with Gasteiger partial charge in [-0.1, -0.05) is 12.9 Å². The molecule has 0 spiro atoms. The molecular weight excluding hydrogens is 395 g/mol. The molecule has 1 aromatic heterocycles. The molecule has 1 aliphatic carbocycles. The van der Waals surface area contributed by atoms with E-state index < -0.39 is 17.4 Å². The van der Waals surface area contributed by atoms with Crippen LogP contribution in [0.1, 0.15) is 30.0 Å². The lowest BCUT2D eigenvalue weighted by Gasteiger charge is -2.15. The highest BCUT2D eigenvalue weighted by molar-refractivity contribution is 7.89. The van der Waals surface area contributed by atoms with Crippen molar-refractivity contribution in [1.82, 2.24) is 4.72 Å². The molecule has 0 fully saturated rings. The minimum atomic E-state index is -1.85. The first-order valence-electron chi connectivity index (χ1n) is 9.73. The molecule has 8 nitrogen and oxygen atoms in total. The maximum atomic E-state index is 12.5. The number of hydrogen-bond donors (Lipinski definition) is 2. The maximum absolute atomic E-state index is 12.5. The van der Waals surface area contributed by atoms with Gasteiger partial charge in [0.25, 0.3) is 0 Å². The Morgan fingerprint density at radius 1 is 1.31 bits per heavy atom. The third kappa shape index (κ3) is 4.25. The minimum Gasteiger partial charge on any atom is -0.585 e. The summed E-state index contributed by atoms with van der Waals surface area (Å²) in [6, 6.07) is 3.18. The second-order valence-electron chi connectivity index (χ2n) is 7.00. The van der Waals surface area contributed by atoms with Gasteiger partial charge in [0, 0.05) is 12.5 Å². The lowest BCUT2D eigenvalue weighted by atomic mass is 9.65. The monoisotopic (exact) mass is 418 g/mol. The Morgan fingerprint density at radius 2 is 2.17 bits per heavy atom. The van der Waals surface area contributed by atoms with Crippen molar-refractivity contribution in [3.05, 3.63) is 35.1 Å². The SMILES string of the molecule is CCOOB(C)c1coc([S+]([O-])NC(=O)Nc2c3c(cc4c2OCC4)CCC3)c1. The topological polar surface area (TPSA) is 105 Å². The molecule has 2 aromatic rings. The molecule has 1 unspecified atom stereocenters. The molecule has 0 saturated carbocycles. The number of amides is 2. The zero-order valence-electron chi connectivity index (χ0n) is 16.4. The van der Waals surface area contributed by atoms with Gasteiger partial charge < -0.3 is 19.0 Å². The van der Waals surface area contributed by atoms with Crippen LogP contribution < -0.4 is 20.2 Å². The molecule has 1 aliphatic heterocycles. The molecule has 0 bridgehead atoms. The third-order valence-electron chi connectivity index (χ3n) is 5.05. The first kappa shape index (κ1) is 20.2. The Labute approximate surface area is 172 Å². The smallest absolute Gasteiger partial charge is 0.373 e. The summed E-state index contributed by atoms with van der Waals surface area (Å²) in [5, 5.41) is 2.97. The van der Waals surface area contributed by atoms with Crippen molar-refractivity contribution in [3.63, 3.8) is 0 Å². The van der Waals surface area contributed by atoms with Gasteiger partial charge >= 0.3 is 18.0 Å². The number of carbonyl (C=O) groups is 1. The van der Waals surface area contributed by atoms with Gasteiger partial charge in [0.15, 0.2) is 0 Å². The lowest BCUT2D eigenvalue weighted by molar-refractivity contribution is -0.206. The van der Waals surface area contributed by atoms with E-state index in [0.29, 0.717) is 24.4 Å². The van der Waals surface area contributed by atoms with E-state index in [1.807, 2.05) is 6.92 Å². The number of anilines is 1. The Balaban J connectivity index is 1.43. The van der Waals surface area contributed by atoms with Crippen LogP contribution in [0.3, 0.4) is 0 Å². The van der Waals surface area contributed by atoms with Crippen LogP contribution in [0.2, 0.25) is 6.82 Å². The first-order chi connectivity index (χ1) is 14.1. The van der Waals surface area contributed by atoms with Crippen LogP contribution in [-0.2, 0) is 40.3 Å². The number of ether oxygens (including phenoxy) is 1. The van der Waals surface area contributed by atoms with Crippen LogP contribution in [0, 0.1) is 0 Å². The fourth-order valence-electron chi connectivity index (χ4n) is 3.67. The van der Waals surface area contributed by atoms with E-state index in [1.165, 1.54) is 11.8 Å². The molecule has 4 rings (SSSR count). The zero-order valence-corrected chi connectivity index (χ0v) is 17.2. The number of fused-ring (bicyclic) bond motifs is 2. The van der Waals surface area contributed by atoms with E-state index in [4.69, 9.17) is 18.8 Å². The maximum Gasteiger partial charge on any atom is 0.373 e. The summed E-state index contributed by atoms with van der Waals surface area (Å²) in [6.07, 6.45) is 5.22. The second kappa shape index (κ2) is 8.70. The van der Waals surface area contributed by atoms with E-state index in [0.717, 1.165) is 42.6 Å². The first-order valence-corrected chi connectivity index (χ1v) is 10.9. The van der Waals surface area contributed by atoms with Crippen LogP contribution in [0.15, 0.2) is 27.9 Å². The molecule has 10 heteroatoms. The number of hydrogen-bond acceptors (Lipinski definition) is 6. The molecule has 0 radical (unpaired) electrons. The summed E-state index contributed by atoms with van der Waals surface area (Å²) in [5.74, 6) is 0.730. The summed E-state index contributed by atoms with van der Waals surface area (Å²) in [7, 11) is 0. The van der Waals surface area contributed by atoms with Crippen LogP contribution in [0.4, 0.5) is 10.5 Å². The lowest BCUT2D eigenvalue weighted by Crippen LogP contribution is -2.35. The molecule has 0 saturated heterocycles. The highest BCUT2D eigenvalue weighted by Crippen LogP contribution is 2.42.